The van der Waals surface area contributed by atoms with Crippen molar-refractivity contribution in [3.8, 4) is 5.88 Å². The smallest absolute Gasteiger partial charge is 0.312 e. The van der Waals surface area contributed by atoms with Gasteiger partial charge in [-0.3, -0.25) is 19.7 Å². The van der Waals surface area contributed by atoms with Crippen LogP contribution in [0.2, 0.25) is 0 Å². The molecule has 0 N–H and O–H groups in total. The number of ether oxygens (including phenoxy) is 1. The molecule has 0 radical (unpaired) electrons. The van der Waals surface area contributed by atoms with Crippen molar-refractivity contribution < 1.29 is 19.2 Å². The summed E-state index contributed by atoms with van der Waals surface area (Å²) in [6, 6.07) is 2.81. The van der Waals surface area contributed by atoms with Crippen molar-refractivity contribution in [1.29, 1.82) is 0 Å². The van der Waals surface area contributed by atoms with Crippen molar-refractivity contribution in [3.63, 3.8) is 0 Å². The Morgan fingerprint density at radius 1 is 1.13 bits per heavy atom. The molecule has 0 saturated carbocycles. The van der Waals surface area contributed by atoms with Crippen molar-refractivity contribution in [2.45, 2.75) is 67.9 Å². The third kappa shape index (κ3) is 4.73. The van der Waals surface area contributed by atoms with E-state index in [2.05, 4.69) is 5.10 Å². The van der Waals surface area contributed by atoms with Gasteiger partial charge in [0, 0.05) is 24.6 Å². The van der Waals surface area contributed by atoms with E-state index in [1.807, 2.05) is 20.8 Å². The standard InChI is InChI=1S/C23H29N3O5/c1-8-12-25-23(31-19(27)9-2)21(16(7)24-25)22(28)17-10-11-18(26(29)30)20(15(17)6)14(5)13(3)4/h10-11H,8-9,12H2,1-7H3. The first-order chi connectivity index (χ1) is 14.5. The number of carbonyl (C=O) groups is 2. The van der Waals surface area contributed by atoms with Crippen LogP contribution < -0.4 is 4.74 Å². The Morgan fingerprint density at radius 3 is 2.29 bits per heavy atom. The molecular formula is C23H29N3O5. The highest BCUT2D eigenvalue weighted by molar-refractivity contribution is 6.13. The first-order valence-electron chi connectivity index (χ1n) is 10.3. The zero-order chi connectivity index (χ0) is 23.5. The zero-order valence-corrected chi connectivity index (χ0v) is 19.2. The van der Waals surface area contributed by atoms with E-state index in [0.717, 1.165) is 17.6 Å². The fraction of sp³-hybridized carbons (Fsp3) is 0.435. The molecule has 0 aliphatic carbocycles. The number of hydrogen-bond donors (Lipinski definition) is 0. The number of nitrogens with zero attached hydrogens (tertiary/aromatic N) is 3. The molecule has 0 fully saturated rings. The van der Waals surface area contributed by atoms with Gasteiger partial charge in [0.05, 0.1) is 16.2 Å². The molecule has 31 heavy (non-hydrogen) atoms. The van der Waals surface area contributed by atoms with Crippen molar-refractivity contribution in [3.05, 3.63) is 55.8 Å². The average Bonchev–Trinajstić information content (AvgIpc) is 3.01. The molecule has 8 nitrogen and oxygen atoms in total. The largest absolute Gasteiger partial charge is 0.407 e. The Hall–Kier alpha value is -3.29. The summed E-state index contributed by atoms with van der Waals surface area (Å²) in [6.07, 6.45) is 0.899. The van der Waals surface area contributed by atoms with E-state index >= 15 is 0 Å². The lowest BCUT2D eigenvalue weighted by Crippen LogP contribution is -2.15. The molecule has 1 aromatic heterocycles. The molecule has 0 aliphatic rings. The summed E-state index contributed by atoms with van der Waals surface area (Å²) >= 11 is 0. The average molecular weight is 428 g/mol. The van der Waals surface area contributed by atoms with Gasteiger partial charge in [0.25, 0.3) is 5.69 Å². The third-order valence-electron chi connectivity index (χ3n) is 5.25. The lowest BCUT2D eigenvalue weighted by molar-refractivity contribution is -0.385. The Morgan fingerprint density at radius 2 is 1.77 bits per heavy atom. The number of rotatable bonds is 8. The highest BCUT2D eigenvalue weighted by atomic mass is 16.6. The van der Waals surface area contributed by atoms with Gasteiger partial charge in [-0.2, -0.15) is 5.10 Å². The van der Waals surface area contributed by atoms with E-state index < -0.39 is 10.9 Å². The van der Waals surface area contributed by atoms with Gasteiger partial charge in [0.2, 0.25) is 11.7 Å². The Balaban J connectivity index is 2.75. The Bertz CT molecular complexity index is 1080. The van der Waals surface area contributed by atoms with Gasteiger partial charge in [-0.25, -0.2) is 4.68 Å². The molecule has 0 bridgehead atoms. The second-order valence-electron chi connectivity index (χ2n) is 7.66. The van der Waals surface area contributed by atoms with E-state index in [0.29, 0.717) is 28.9 Å². The predicted molar refractivity (Wildman–Crippen MR) is 118 cm³/mol. The number of allylic oxidation sites excluding steroid dienone is 2. The number of ketones is 1. The van der Waals surface area contributed by atoms with Gasteiger partial charge < -0.3 is 4.74 Å². The Labute approximate surface area is 182 Å². The SMILES string of the molecule is CCCn1nc(C)c(C(=O)c2ccc([N+](=O)[O-])c(C(C)=C(C)C)c2C)c1OC(=O)CC. The second-order valence-corrected chi connectivity index (χ2v) is 7.66. The van der Waals surface area contributed by atoms with E-state index in [4.69, 9.17) is 4.74 Å². The number of aromatic nitrogens is 2. The van der Waals surface area contributed by atoms with Crippen LogP contribution in [0, 0.1) is 24.0 Å². The molecule has 0 spiro atoms. The maximum absolute atomic E-state index is 13.6. The maximum Gasteiger partial charge on any atom is 0.312 e. The predicted octanol–water partition coefficient (Wildman–Crippen LogP) is 5.18. The van der Waals surface area contributed by atoms with Crippen molar-refractivity contribution in [2.75, 3.05) is 0 Å². The van der Waals surface area contributed by atoms with Crippen LogP contribution in [0.1, 0.15) is 80.2 Å². The van der Waals surface area contributed by atoms with E-state index in [1.165, 1.54) is 16.8 Å². The van der Waals surface area contributed by atoms with Crippen LogP contribution in [0.3, 0.4) is 0 Å². The molecule has 0 atom stereocenters. The third-order valence-corrected chi connectivity index (χ3v) is 5.25. The summed E-state index contributed by atoms with van der Waals surface area (Å²) in [4.78, 5) is 36.8. The zero-order valence-electron chi connectivity index (χ0n) is 19.2. The van der Waals surface area contributed by atoms with Crippen molar-refractivity contribution >= 4 is 23.0 Å². The summed E-state index contributed by atoms with van der Waals surface area (Å²) in [5.74, 6) is -0.726. The molecule has 0 unspecified atom stereocenters. The molecule has 0 aliphatic heterocycles. The number of carbonyl (C=O) groups excluding carboxylic acids is 2. The first kappa shape index (κ1) is 24.0. The van der Waals surface area contributed by atoms with Crippen LogP contribution in [0.4, 0.5) is 5.69 Å². The topological polar surface area (TPSA) is 104 Å². The van der Waals surface area contributed by atoms with Crippen LogP contribution in [0.25, 0.3) is 5.57 Å². The number of nitro benzene ring substituents is 1. The monoisotopic (exact) mass is 427 g/mol. The molecule has 1 heterocycles. The Kier molecular flexibility index (Phi) is 7.49. The second kappa shape index (κ2) is 9.68. The van der Waals surface area contributed by atoms with Gasteiger partial charge in [-0.05, 0) is 58.2 Å². The number of esters is 1. The molecular weight excluding hydrogens is 398 g/mol. The molecule has 2 aromatic rings. The highest BCUT2D eigenvalue weighted by Crippen LogP contribution is 2.35. The normalized spacial score (nSPS) is 10.7. The number of benzene rings is 1. The van der Waals surface area contributed by atoms with Gasteiger partial charge in [0.15, 0.2) is 0 Å². The van der Waals surface area contributed by atoms with Gasteiger partial charge in [-0.15, -0.1) is 0 Å². The van der Waals surface area contributed by atoms with Crippen molar-refractivity contribution in [1.82, 2.24) is 9.78 Å². The fourth-order valence-corrected chi connectivity index (χ4v) is 3.42. The fourth-order valence-electron chi connectivity index (χ4n) is 3.42. The number of hydrogen-bond acceptors (Lipinski definition) is 6. The number of nitro groups is 1. The van der Waals surface area contributed by atoms with E-state index in [1.54, 1.807) is 27.7 Å². The molecule has 0 saturated heterocycles. The summed E-state index contributed by atoms with van der Waals surface area (Å²) < 4.78 is 7.01. The van der Waals surface area contributed by atoms with Gasteiger partial charge >= 0.3 is 5.97 Å². The van der Waals surface area contributed by atoms with Crippen LogP contribution in [0.15, 0.2) is 17.7 Å². The summed E-state index contributed by atoms with van der Waals surface area (Å²) in [7, 11) is 0. The number of aryl methyl sites for hydroxylation is 2. The van der Waals surface area contributed by atoms with Gasteiger partial charge in [0.1, 0.15) is 5.56 Å². The molecule has 8 heteroatoms. The minimum Gasteiger partial charge on any atom is -0.407 e. The molecule has 1 aromatic carbocycles. The van der Waals surface area contributed by atoms with Crippen molar-refractivity contribution in [2.24, 2.45) is 0 Å². The summed E-state index contributed by atoms with van der Waals surface area (Å²) in [6.45, 7) is 13.0. The quantitative estimate of drug-likeness (QED) is 0.249. The minimum absolute atomic E-state index is 0.0521. The molecule has 166 valence electrons. The van der Waals surface area contributed by atoms with Crippen LogP contribution in [-0.2, 0) is 11.3 Å². The van der Waals surface area contributed by atoms with Gasteiger partial charge in [-0.1, -0.05) is 19.4 Å². The maximum atomic E-state index is 13.6. The first-order valence-corrected chi connectivity index (χ1v) is 10.3. The van der Waals surface area contributed by atoms with Crippen LogP contribution in [-0.4, -0.2) is 26.5 Å². The highest BCUT2D eigenvalue weighted by Gasteiger charge is 2.29. The lowest BCUT2D eigenvalue weighted by Gasteiger charge is -2.14. The summed E-state index contributed by atoms with van der Waals surface area (Å²) in [5.41, 5.74) is 3.51. The van der Waals surface area contributed by atoms with Crippen LogP contribution in [0.5, 0.6) is 5.88 Å². The molecule has 2 rings (SSSR count). The summed E-state index contributed by atoms with van der Waals surface area (Å²) in [5, 5.41) is 16.0. The lowest BCUT2D eigenvalue weighted by atomic mass is 9.90. The molecule has 0 amide bonds. The minimum atomic E-state index is -0.465. The van der Waals surface area contributed by atoms with E-state index in [9.17, 15) is 19.7 Å². The van der Waals surface area contributed by atoms with Crippen LogP contribution >= 0.6 is 0 Å². The van der Waals surface area contributed by atoms with E-state index in [-0.39, 0.29) is 29.3 Å².